The number of hydrogen-bond acceptors (Lipinski definition) is 5. The lowest BCUT2D eigenvalue weighted by atomic mass is 9.43. The van der Waals surface area contributed by atoms with Crippen molar-refractivity contribution in [2.24, 2.45) is 23.2 Å². The second-order valence-corrected chi connectivity index (χ2v) is 11.3. The zero-order chi connectivity index (χ0) is 24.1. The standard InChI is InChI=1S/C25H35BN2O6/c1-24(2)18-12-19(24)25(3)20(13-18)33-26(34-25)21(11-16-7-5-4-6-8-16)27-22(29)32-15-17-9-10-28(14-17)23(30)31/h4-8,17-21H,9-15H2,1-3H3,(H,27,29)(H,30,31)/t17?,18-,19-,20+,21?,25-/m0/s1. The molecule has 34 heavy (non-hydrogen) atoms. The van der Waals surface area contributed by atoms with E-state index in [4.69, 9.17) is 19.2 Å². The van der Waals surface area contributed by atoms with E-state index < -0.39 is 25.2 Å². The van der Waals surface area contributed by atoms with Crippen molar-refractivity contribution < 1.29 is 28.7 Å². The summed E-state index contributed by atoms with van der Waals surface area (Å²) >= 11 is 0. The Morgan fingerprint density at radius 3 is 2.71 bits per heavy atom. The minimum absolute atomic E-state index is 0.0178. The van der Waals surface area contributed by atoms with E-state index in [1.807, 2.05) is 30.3 Å². The number of hydrogen-bond donors (Lipinski definition) is 2. The van der Waals surface area contributed by atoms with Gasteiger partial charge in [-0.1, -0.05) is 44.2 Å². The Kier molecular flexibility index (Phi) is 6.05. The van der Waals surface area contributed by atoms with Crippen molar-refractivity contribution in [3.05, 3.63) is 35.9 Å². The number of ether oxygens (including phenoxy) is 1. The summed E-state index contributed by atoms with van der Waals surface area (Å²) in [4.78, 5) is 25.3. The van der Waals surface area contributed by atoms with E-state index in [2.05, 4.69) is 26.1 Å². The fraction of sp³-hybridized carbons (Fsp3) is 0.680. The Hall–Kier alpha value is -2.26. The predicted molar refractivity (Wildman–Crippen MR) is 126 cm³/mol. The van der Waals surface area contributed by atoms with Crippen LogP contribution in [-0.2, 0) is 20.5 Å². The molecule has 2 unspecified atom stereocenters. The Morgan fingerprint density at radius 2 is 2.03 bits per heavy atom. The molecule has 1 aromatic carbocycles. The van der Waals surface area contributed by atoms with Gasteiger partial charge < -0.3 is 29.4 Å². The third-order valence-electron chi connectivity index (χ3n) is 8.91. The molecule has 5 fully saturated rings. The van der Waals surface area contributed by atoms with Crippen molar-refractivity contribution in [1.29, 1.82) is 0 Å². The number of benzene rings is 1. The molecule has 6 rings (SSSR count). The van der Waals surface area contributed by atoms with Gasteiger partial charge in [-0.05, 0) is 55.4 Å². The molecule has 2 amide bonds. The first-order valence-electron chi connectivity index (χ1n) is 12.4. The number of carbonyl (C=O) groups excluding carboxylic acids is 1. The molecule has 2 aliphatic heterocycles. The lowest BCUT2D eigenvalue weighted by Crippen LogP contribution is -2.65. The molecule has 0 radical (unpaired) electrons. The predicted octanol–water partition coefficient (Wildman–Crippen LogP) is 3.59. The van der Waals surface area contributed by atoms with Gasteiger partial charge in [0, 0.05) is 19.0 Å². The molecule has 2 bridgehead atoms. The Bertz CT molecular complexity index is 929. The first kappa shape index (κ1) is 23.5. The summed E-state index contributed by atoms with van der Waals surface area (Å²) in [5.41, 5.74) is 0.973. The van der Waals surface area contributed by atoms with Crippen LogP contribution in [0.15, 0.2) is 30.3 Å². The van der Waals surface area contributed by atoms with Gasteiger partial charge in [0.25, 0.3) is 0 Å². The van der Waals surface area contributed by atoms with Crippen LogP contribution in [0.5, 0.6) is 0 Å². The Morgan fingerprint density at radius 1 is 1.26 bits per heavy atom. The van der Waals surface area contributed by atoms with Crippen molar-refractivity contribution in [3.8, 4) is 0 Å². The molecule has 9 heteroatoms. The molecule has 5 aliphatic rings. The second kappa shape index (κ2) is 8.75. The van der Waals surface area contributed by atoms with E-state index in [0.29, 0.717) is 37.8 Å². The van der Waals surface area contributed by atoms with Crippen molar-refractivity contribution in [3.63, 3.8) is 0 Å². The van der Waals surface area contributed by atoms with Crippen molar-refractivity contribution in [2.75, 3.05) is 19.7 Å². The molecule has 184 valence electrons. The highest BCUT2D eigenvalue weighted by atomic mass is 16.7. The van der Waals surface area contributed by atoms with E-state index >= 15 is 0 Å². The van der Waals surface area contributed by atoms with E-state index in [1.54, 1.807) is 0 Å². The van der Waals surface area contributed by atoms with Crippen LogP contribution < -0.4 is 5.32 Å². The lowest BCUT2D eigenvalue weighted by Gasteiger charge is -2.64. The van der Waals surface area contributed by atoms with Crippen molar-refractivity contribution in [2.45, 2.75) is 64.1 Å². The maximum atomic E-state index is 12.8. The van der Waals surface area contributed by atoms with Crippen LogP contribution in [0, 0.1) is 23.2 Å². The summed E-state index contributed by atoms with van der Waals surface area (Å²) < 4.78 is 18.6. The highest BCUT2D eigenvalue weighted by Gasteiger charge is 2.68. The highest BCUT2D eigenvalue weighted by Crippen LogP contribution is 2.65. The number of alkyl carbamates (subject to hydrolysis) is 1. The molecule has 3 aliphatic carbocycles. The van der Waals surface area contributed by atoms with E-state index in [9.17, 15) is 9.59 Å². The van der Waals surface area contributed by atoms with Crippen LogP contribution >= 0.6 is 0 Å². The maximum Gasteiger partial charge on any atom is 0.482 e. The third kappa shape index (κ3) is 4.17. The minimum Gasteiger partial charge on any atom is -0.465 e. The van der Waals surface area contributed by atoms with Gasteiger partial charge in [0.15, 0.2) is 0 Å². The number of carbonyl (C=O) groups is 2. The Balaban J connectivity index is 1.24. The van der Waals surface area contributed by atoms with E-state index in [0.717, 1.165) is 12.0 Å². The molecule has 2 saturated heterocycles. The number of nitrogens with zero attached hydrogens (tertiary/aromatic N) is 1. The minimum atomic E-state index is -0.929. The van der Waals surface area contributed by atoms with Gasteiger partial charge in [0.1, 0.15) is 0 Å². The van der Waals surface area contributed by atoms with E-state index in [1.165, 1.54) is 11.3 Å². The summed E-state index contributed by atoms with van der Waals surface area (Å²) in [5, 5.41) is 12.1. The van der Waals surface area contributed by atoms with Gasteiger partial charge in [0.05, 0.1) is 24.3 Å². The van der Waals surface area contributed by atoms with Gasteiger partial charge in [-0.3, -0.25) is 0 Å². The van der Waals surface area contributed by atoms with Crippen molar-refractivity contribution >= 4 is 19.3 Å². The van der Waals surface area contributed by atoms with Gasteiger partial charge in [0.2, 0.25) is 0 Å². The van der Waals surface area contributed by atoms with Gasteiger partial charge >= 0.3 is 19.3 Å². The van der Waals surface area contributed by atoms with Crippen LogP contribution in [0.1, 0.15) is 45.6 Å². The molecule has 0 spiro atoms. The number of rotatable bonds is 6. The van der Waals surface area contributed by atoms with Crippen LogP contribution in [0.3, 0.4) is 0 Å². The summed E-state index contributed by atoms with van der Waals surface area (Å²) in [5.74, 6) is 0.721. The smallest absolute Gasteiger partial charge is 0.465 e. The number of likely N-dealkylation sites (tertiary alicyclic amines) is 1. The average molecular weight is 470 g/mol. The quantitative estimate of drug-likeness (QED) is 0.617. The topological polar surface area (TPSA) is 97.3 Å². The molecule has 6 atom stereocenters. The monoisotopic (exact) mass is 470 g/mol. The van der Waals surface area contributed by atoms with Crippen LogP contribution in [0.2, 0.25) is 0 Å². The molecular weight excluding hydrogens is 435 g/mol. The zero-order valence-corrected chi connectivity index (χ0v) is 20.2. The zero-order valence-electron chi connectivity index (χ0n) is 20.2. The molecule has 3 saturated carbocycles. The largest absolute Gasteiger partial charge is 0.482 e. The SMILES string of the molecule is CC1(C)[C@@H]2C[C@H]3OB(C(Cc4ccccc4)NC(=O)OCC4CCN(C(=O)O)C4)O[C@@]3(C)[C@H]1C2. The fourth-order valence-corrected chi connectivity index (χ4v) is 6.68. The molecule has 2 heterocycles. The lowest BCUT2D eigenvalue weighted by molar-refractivity contribution is -0.199. The van der Waals surface area contributed by atoms with Gasteiger partial charge in [-0.15, -0.1) is 0 Å². The summed E-state index contributed by atoms with van der Waals surface area (Å²) in [7, 11) is -0.549. The number of amides is 2. The first-order chi connectivity index (χ1) is 16.2. The first-order valence-corrected chi connectivity index (χ1v) is 12.4. The van der Waals surface area contributed by atoms with Crippen molar-refractivity contribution in [1.82, 2.24) is 10.2 Å². The highest BCUT2D eigenvalue weighted by molar-refractivity contribution is 6.47. The number of nitrogens with one attached hydrogen (secondary N) is 1. The van der Waals surface area contributed by atoms with E-state index in [-0.39, 0.29) is 29.6 Å². The van der Waals surface area contributed by atoms with Gasteiger partial charge in [-0.2, -0.15) is 0 Å². The Labute approximate surface area is 201 Å². The average Bonchev–Trinajstić information content (AvgIpc) is 3.42. The molecule has 0 aromatic heterocycles. The summed E-state index contributed by atoms with van der Waals surface area (Å²) in [6, 6.07) is 9.99. The van der Waals surface area contributed by atoms with Crippen LogP contribution in [-0.4, -0.2) is 66.7 Å². The molecule has 1 aromatic rings. The second-order valence-electron chi connectivity index (χ2n) is 11.3. The summed E-state index contributed by atoms with van der Waals surface area (Å²) in [6.07, 6.45) is 2.00. The molecular formula is C25H35BN2O6. The normalized spacial score (nSPS) is 34.2. The fourth-order valence-electron chi connectivity index (χ4n) is 6.68. The maximum absolute atomic E-state index is 12.8. The third-order valence-corrected chi connectivity index (χ3v) is 8.91. The van der Waals surface area contributed by atoms with Crippen LogP contribution in [0.4, 0.5) is 9.59 Å². The van der Waals surface area contributed by atoms with Crippen LogP contribution in [0.25, 0.3) is 0 Å². The molecule has 8 nitrogen and oxygen atoms in total. The van der Waals surface area contributed by atoms with Gasteiger partial charge in [-0.25, -0.2) is 9.59 Å². The summed E-state index contributed by atoms with van der Waals surface area (Å²) in [6.45, 7) is 7.89. The number of carboxylic acid groups (broad SMARTS) is 1. The molecule has 2 N–H and O–H groups in total.